The number of methoxy groups -OCH3 is 1. The number of H-pyrrole nitrogens is 1. The van der Waals surface area contributed by atoms with Crippen molar-refractivity contribution < 1.29 is 18.7 Å². The third-order valence-electron chi connectivity index (χ3n) is 4.85. The van der Waals surface area contributed by atoms with Crippen molar-refractivity contribution in [2.24, 2.45) is 0 Å². The fourth-order valence-corrected chi connectivity index (χ4v) is 3.41. The first-order chi connectivity index (χ1) is 13.6. The number of nitrogens with one attached hydrogen (secondary N) is 2. The van der Waals surface area contributed by atoms with Crippen LogP contribution in [0.5, 0.6) is 5.75 Å². The number of aryl methyl sites for hydroxylation is 1. The van der Waals surface area contributed by atoms with Crippen LogP contribution in [0.25, 0.3) is 10.9 Å². The van der Waals surface area contributed by atoms with Gasteiger partial charge in [-0.15, -0.1) is 12.4 Å². The number of hydrogen-bond donors (Lipinski definition) is 2. The predicted molar refractivity (Wildman–Crippen MR) is 111 cm³/mol. The molecule has 1 aliphatic heterocycles. The summed E-state index contributed by atoms with van der Waals surface area (Å²) in [4.78, 5) is 22.4. The maximum absolute atomic E-state index is 13.7. The Kier molecular flexibility index (Phi) is 6.24. The van der Waals surface area contributed by atoms with Gasteiger partial charge in [0.1, 0.15) is 11.6 Å². The zero-order valence-corrected chi connectivity index (χ0v) is 16.9. The van der Waals surface area contributed by atoms with Gasteiger partial charge in [0.05, 0.1) is 37.1 Å². The molecule has 0 aliphatic carbocycles. The number of morpholine rings is 1. The number of ether oxygens (including phenoxy) is 2. The number of anilines is 2. The molecule has 1 saturated heterocycles. The van der Waals surface area contributed by atoms with E-state index in [4.69, 9.17) is 9.47 Å². The van der Waals surface area contributed by atoms with E-state index in [1.807, 2.05) is 13.1 Å². The van der Waals surface area contributed by atoms with Gasteiger partial charge in [-0.3, -0.25) is 4.79 Å². The van der Waals surface area contributed by atoms with Crippen molar-refractivity contribution in [1.29, 1.82) is 0 Å². The van der Waals surface area contributed by atoms with Crippen molar-refractivity contribution in [3.63, 3.8) is 0 Å². The van der Waals surface area contributed by atoms with E-state index >= 15 is 0 Å². The molecule has 1 aliphatic rings. The first-order valence-corrected chi connectivity index (χ1v) is 9.02. The van der Waals surface area contributed by atoms with Gasteiger partial charge in [-0.2, -0.15) is 0 Å². The fourth-order valence-electron chi connectivity index (χ4n) is 3.41. The second-order valence-corrected chi connectivity index (χ2v) is 6.62. The molecule has 0 bridgehead atoms. The average Bonchev–Trinajstić information content (AvgIpc) is 3.11. The molecule has 154 valence electrons. The van der Waals surface area contributed by atoms with E-state index in [-0.39, 0.29) is 24.1 Å². The number of aromatic nitrogens is 2. The average molecular weight is 421 g/mol. The Balaban J connectivity index is 0.00000240. The summed E-state index contributed by atoms with van der Waals surface area (Å²) in [6.45, 7) is 4.12. The van der Waals surface area contributed by atoms with Crippen LogP contribution in [0.4, 0.5) is 15.9 Å². The highest BCUT2D eigenvalue weighted by Gasteiger charge is 2.23. The Morgan fingerprint density at radius 2 is 2.10 bits per heavy atom. The van der Waals surface area contributed by atoms with E-state index in [9.17, 15) is 9.18 Å². The number of amides is 1. The van der Waals surface area contributed by atoms with Crippen molar-refractivity contribution in [2.45, 2.75) is 6.92 Å². The molecule has 7 nitrogen and oxygen atoms in total. The highest BCUT2D eigenvalue weighted by molar-refractivity contribution is 6.10. The first-order valence-electron chi connectivity index (χ1n) is 9.02. The van der Waals surface area contributed by atoms with Gasteiger partial charge < -0.3 is 24.7 Å². The van der Waals surface area contributed by atoms with Crippen LogP contribution in [0.3, 0.4) is 0 Å². The van der Waals surface area contributed by atoms with E-state index in [0.717, 1.165) is 10.9 Å². The minimum Gasteiger partial charge on any atom is -0.495 e. The molecule has 0 spiro atoms. The maximum atomic E-state index is 13.7. The van der Waals surface area contributed by atoms with Crippen LogP contribution < -0.4 is 10.1 Å². The van der Waals surface area contributed by atoms with Crippen molar-refractivity contribution in [2.75, 3.05) is 38.7 Å². The highest BCUT2D eigenvalue weighted by Crippen LogP contribution is 2.33. The quantitative estimate of drug-likeness (QED) is 0.673. The van der Waals surface area contributed by atoms with Crippen LogP contribution in [0.2, 0.25) is 0 Å². The van der Waals surface area contributed by atoms with Crippen LogP contribution in [0.15, 0.2) is 30.6 Å². The number of halogens is 2. The summed E-state index contributed by atoms with van der Waals surface area (Å²) in [6.07, 6.45) is 3.39. The number of rotatable bonds is 4. The molecule has 3 aromatic rings. The van der Waals surface area contributed by atoms with Crippen LogP contribution in [0.1, 0.15) is 15.9 Å². The zero-order chi connectivity index (χ0) is 19.7. The lowest BCUT2D eigenvalue weighted by molar-refractivity contribution is 0.0304. The van der Waals surface area contributed by atoms with Gasteiger partial charge in [0.2, 0.25) is 0 Å². The summed E-state index contributed by atoms with van der Waals surface area (Å²) in [5.74, 6) is 0.526. The number of fused-ring (bicyclic) bond motifs is 1. The predicted octanol–water partition coefficient (Wildman–Crippen LogP) is 3.66. The molecule has 1 fully saturated rings. The second-order valence-electron chi connectivity index (χ2n) is 6.62. The van der Waals surface area contributed by atoms with Gasteiger partial charge in [-0.1, -0.05) is 0 Å². The van der Waals surface area contributed by atoms with Gasteiger partial charge in [0.25, 0.3) is 5.91 Å². The van der Waals surface area contributed by atoms with Crippen molar-refractivity contribution in [1.82, 2.24) is 14.9 Å². The Hall–Kier alpha value is -2.84. The normalized spacial score (nSPS) is 13.8. The Morgan fingerprint density at radius 1 is 1.34 bits per heavy atom. The van der Waals surface area contributed by atoms with Crippen LogP contribution >= 0.6 is 12.4 Å². The number of hydrogen-bond acceptors (Lipinski definition) is 5. The Morgan fingerprint density at radius 3 is 2.83 bits per heavy atom. The highest BCUT2D eigenvalue weighted by atomic mass is 35.5. The molecule has 2 N–H and O–H groups in total. The molecule has 1 aromatic carbocycles. The van der Waals surface area contributed by atoms with E-state index in [1.165, 1.54) is 19.2 Å². The van der Waals surface area contributed by atoms with Gasteiger partial charge >= 0.3 is 0 Å². The topological polar surface area (TPSA) is 79.5 Å². The first kappa shape index (κ1) is 20.9. The monoisotopic (exact) mass is 420 g/mol. The molecule has 2 aromatic heterocycles. The van der Waals surface area contributed by atoms with Crippen molar-refractivity contribution >= 4 is 40.7 Å². The van der Waals surface area contributed by atoms with E-state index in [1.54, 1.807) is 17.2 Å². The number of aromatic amines is 1. The van der Waals surface area contributed by atoms with E-state index < -0.39 is 0 Å². The van der Waals surface area contributed by atoms with E-state index in [0.29, 0.717) is 54.6 Å². The van der Waals surface area contributed by atoms with Gasteiger partial charge in [0, 0.05) is 36.9 Å². The Labute approximate surface area is 173 Å². The molecule has 1 amide bonds. The molecule has 4 rings (SSSR count). The van der Waals surface area contributed by atoms with Crippen LogP contribution in [0, 0.1) is 12.7 Å². The van der Waals surface area contributed by atoms with Crippen molar-refractivity contribution in [3.05, 3.63) is 47.5 Å². The summed E-state index contributed by atoms with van der Waals surface area (Å²) >= 11 is 0. The molecular formula is C20H22ClFN4O3. The van der Waals surface area contributed by atoms with Gasteiger partial charge in [-0.25, -0.2) is 9.37 Å². The molecule has 9 heteroatoms. The molecule has 0 radical (unpaired) electrons. The fraction of sp³-hybridized carbons (Fsp3) is 0.300. The number of carbonyl (C=O) groups excluding carboxylic acids is 1. The minimum atomic E-state index is -0.388. The smallest absolute Gasteiger partial charge is 0.256 e. The SMILES string of the molecule is COc1ccc(F)cc1Nc1ncc(C(=O)N2CCOCC2)c2c(C)c[nH]c12.Cl. The van der Waals surface area contributed by atoms with E-state index in [2.05, 4.69) is 15.3 Å². The molecular weight excluding hydrogens is 399 g/mol. The summed E-state index contributed by atoms with van der Waals surface area (Å²) < 4.78 is 24.3. The third kappa shape index (κ3) is 3.99. The summed E-state index contributed by atoms with van der Waals surface area (Å²) in [5.41, 5.74) is 2.61. The number of benzene rings is 1. The Bertz CT molecular complexity index is 1030. The molecule has 3 heterocycles. The maximum Gasteiger partial charge on any atom is 0.256 e. The molecule has 0 saturated carbocycles. The lowest BCUT2D eigenvalue weighted by atomic mass is 10.1. The lowest BCUT2D eigenvalue weighted by Crippen LogP contribution is -2.40. The second kappa shape index (κ2) is 8.67. The minimum absolute atomic E-state index is 0. The van der Waals surface area contributed by atoms with Crippen LogP contribution in [-0.4, -0.2) is 54.2 Å². The van der Waals surface area contributed by atoms with Gasteiger partial charge in [0.15, 0.2) is 5.82 Å². The largest absolute Gasteiger partial charge is 0.495 e. The third-order valence-corrected chi connectivity index (χ3v) is 4.85. The summed E-state index contributed by atoms with van der Waals surface area (Å²) in [5, 5.41) is 3.91. The lowest BCUT2D eigenvalue weighted by Gasteiger charge is -2.27. The standard InChI is InChI=1S/C20H21FN4O3.ClH/c1-12-10-22-18-17(12)14(20(26)25-5-7-28-8-6-25)11-23-19(18)24-15-9-13(21)3-4-16(15)27-2;/h3-4,9-11,22H,5-8H2,1-2H3,(H,23,24);1H. The van der Waals surface area contributed by atoms with Gasteiger partial charge in [-0.05, 0) is 24.6 Å². The van der Waals surface area contributed by atoms with Crippen LogP contribution in [-0.2, 0) is 4.74 Å². The number of pyridine rings is 1. The van der Waals surface area contributed by atoms with Crippen molar-refractivity contribution in [3.8, 4) is 5.75 Å². The summed E-state index contributed by atoms with van der Waals surface area (Å²) in [7, 11) is 1.52. The molecule has 0 unspecified atom stereocenters. The molecule has 0 atom stereocenters. The number of nitrogens with zero attached hydrogens (tertiary/aromatic N) is 2. The number of carbonyl (C=O) groups is 1. The summed E-state index contributed by atoms with van der Waals surface area (Å²) in [6, 6.07) is 4.22. The molecule has 29 heavy (non-hydrogen) atoms. The zero-order valence-electron chi connectivity index (χ0n) is 16.1.